The van der Waals surface area contributed by atoms with Crippen LogP contribution in [0.3, 0.4) is 0 Å². The normalized spacial score (nSPS) is 10.8. The van der Waals surface area contributed by atoms with Gasteiger partial charge in [-0.3, -0.25) is 24.0 Å². The first-order chi connectivity index (χ1) is 13.8. The maximum atomic E-state index is 13.3. The molecule has 29 heavy (non-hydrogen) atoms. The predicted octanol–water partition coefficient (Wildman–Crippen LogP) is 1.28. The Kier molecular flexibility index (Phi) is 7.60. The van der Waals surface area contributed by atoms with E-state index in [9.17, 15) is 14.4 Å². The van der Waals surface area contributed by atoms with Gasteiger partial charge in [-0.1, -0.05) is 19.4 Å². The number of methoxy groups -OCH3 is 1. The number of hydrogen-bond donors (Lipinski definition) is 2. The van der Waals surface area contributed by atoms with Gasteiger partial charge in [-0.25, -0.2) is 4.79 Å². The van der Waals surface area contributed by atoms with Crippen molar-refractivity contribution in [3.63, 3.8) is 0 Å². The van der Waals surface area contributed by atoms with Crippen LogP contribution in [0.1, 0.15) is 30.1 Å². The van der Waals surface area contributed by atoms with E-state index in [1.165, 1.54) is 16.6 Å². The lowest BCUT2D eigenvalue weighted by Gasteiger charge is -2.25. The van der Waals surface area contributed by atoms with Gasteiger partial charge in [-0.05, 0) is 24.6 Å². The van der Waals surface area contributed by atoms with E-state index in [4.69, 9.17) is 10.5 Å². The largest absolute Gasteiger partial charge is 0.383 e. The fourth-order valence-electron chi connectivity index (χ4n) is 2.95. The van der Waals surface area contributed by atoms with Gasteiger partial charge in [0.2, 0.25) is 0 Å². The number of anilines is 3. The van der Waals surface area contributed by atoms with E-state index in [-0.39, 0.29) is 24.7 Å². The SMILES string of the molecule is CCCCn1c(N)c(N(CCOC)C(=O)c2cccc(N(C)C)c2)c(=O)[nH]c1=O. The fraction of sp³-hybridized carbons (Fsp3) is 0.450. The van der Waals surface area contributed by atoms with E-state index in [2.05, 4.69) is 4.98 Å². The Morgan fingerprint density at radius 1 is 1.28 bits per heavy atom. The maximum absolute atomic E-state index is 13.3. The van der Waals surface area contributed by atoms with Gasteiger partial charge in [0.15, 0.2) is 5.69 Å². The molecule has 0 radical (unpaired) electrons. The van der Waals surface area contributed by atoms with Crippen molar-refractivity contribution in [2.24, 2.45) is 0 Å². The van der Waals surface area contributed by atoms with Crippen LogP contribution in [0.2, 0.25) is 0 Å². The number of rotatable bonds is 9. The molecule has 9 nitrogen and oxygen atoms in total. The van der Waals surface area contributed by atoms with Gasteiger partial charge in [0.25, 0.3) is 11.5 Å². The minimum Gasteiger partial charge on any atom is -0.383 e. The monoisotopic (exact) mass is 403 g/mol. The van der Waals surface area contributed by atoms with Crippen molar-refractivity contribution in [1.82, 2.24) is 9.55 Å². The highest BCUT2D eigenvalue weighted by Crippen LogP contribution is 2.21. The van der Waals surface area contributed by atoms with Crippen molar-refractivity contribution in [1.29, 1.82) is 0 Å². The number of carbonyl (C=O) groups is 1. The number of hydrogen-bond acceptors (Lipinski definition) is 6. The molecule has 2 rings (SSSR count). The van der Waals surface area contributed by atoms with Crippen LogP contribution in [0.25, 0.3) is 0 Å². The summed E-state index contributed by atoms with van der Waals surface area (Å²) in [7, 11) is 5.25. The van der Waals surface area contributed by atoms with Gasteiger partial charge in [-0.15, -0.1) is 0 Å². The summed E-state index contributed by atoms with van der Waals surface area (Å²) in [6, 6.07) is 7.06. The molecule has 0 bridgehead atoms. The summed E-state index contributed by atoms with van der Waals surface area (Å²) in [6.45, 7) is 2.65. The number of nitrogen functional groups attached to an aromatic ring is 1. The van der Waals surface area contributed by atoms with Crippen molar-refractivity contribution >= 4 is 23.1 Å². The average molecular weight is 403 g/mol. The predicted molar refractivity (Wildman–Crippen MR) is 115 cm³/mol. The standard InChI is InChI=1S/C20H29N5O4/c1-5-6-10-25-17(21)16(18(26)22-20(25)28)24(11-12-29-4)19(27)14-8-7-9-15(13-14)23(2)3/h7-9,13H,5-6,10-12,21H2,1-4H3,(H,22,26,28). The average Bonchev–Trinajstić information content (AvgIpc) is 2.69. The second-order valence-electron chi connectivity index (χ2n) is 6.89. The maximum Gasteiger partial charge on any atom is 0.330 e. The summed E-state index contributed by atoms with van der Waals surface area (Å²) in [4.78, 5) is 43.5. The lowest BCUT2D eigenvalue weighted by atomic mass is 10.1. The molecule has 0 saturated heterocycles. The van der Waals surface area contributed by atoms with Crippen molar-refractivity contribution in [2.75, 3.05) is 49.9 Å². The third kappa shape index (κ3) is 5.05. The van der Waals surface area contributed by atoms with Gasteiger partial charge in [-0.2, -0.15) is 0 Å². The van der Waals surface area contributed by atoms with Crippen LogP contribution in [0.4, 0.5) is 17.2 Å². The molecule has 0 unspecified atom stereocenters. The van der Waals surface area contributed by atoms with Crippen molar-refractivity contribution in [3.8, 4) is 0 Å². The number of benzene rings is 1. The van der Waals surface area contributed by atoms with Crippen LogP contribution in [0.5, 0.6) is 0 Å². The molecular formula is C20H29N5O4. The number of nitrogens with one attached hydrogen (secondary N) is 1. The van der Waals surface area contributed by atoms with Crippen LogP contribution in [0, 0.1) is 0 Å². The molecule has 1 amide bonds. The zero-order chi connectivity index (χ0) is 21.6. The quantitative estimate of drug-likeness (QED) is 0.652. The molecule has 0 fully saturated rings. The highest BCUT2D eigenvalue weighted by molar-refractivity contribution is 6.07. The molecule has 0 aliphatic heterocycles. The second-order valence-corrected chi connectivity index (χ2v) is 6.89. The zero-order valence-corrected chi connectivity index (χ0v) is 17.4. The molecule has 1 aromatic carbocycles. The number of unbranched alkanes of at least 4 members (excludes halogenated alkanes) is 1. The highest BCUT2D eigenvalue weighted by atomic mass is 16.5. The number of nitrogens with zero attached hydrogens (tertiary/aromatic N) is 3. The Morgan fingerprint density at radius 2 is 2.00 bits per heavy atom. The molecule has 3 N–H and O–H groups in total. The third-order valence-electron chi connectivity index (χ3n) is 4.59. The fourth-order valence-corrected chi connectivity index (χ4v) is 2.95. The van der Waals surface area contributed by atoms with Crippen molar-refractivity contribution < 1.29 is 9.53 Å². The van der Waals surface area contributed by atoms with Crippen molar-refractivity contribution in [2.45, 2.75) is 26.3 Å². The Bertz CT molecular complexity index is 964. The van der Waals surface area contributed by atoms with Crippen LogP contribution < -0.4 is 26.8 Å². The smallest absolute Gasteiger partial charge is 0.330 e. The van der Waals surface area contributed by atoms with E-state index < -0.39 is 17.2 Å². The van der Waals surface area contributed by atoms with Gasteiger partial charge in [0, 0.05) is 45.5 Å². The summed E-state index contributed by atoms with van der Waals surface area (Å²) >= 11 is 0. The summed E-state index contributed by atoms with van der Waals surface area (Å²) in [5.74, 6) is -0.427. The van der Waals surface area contributed by atoms with Gasteiger partial charge in [0.05, 0.1) is 6.61 Å². The Hall–Kier alpha value is -3.07. The van der Waals surface area contributed by atoms with E-state index in [0.29, 0.717) is 18.5 Å². The van der Waals surface area contributed by atoms with E-state index in [0.717, 1.165) is 12.1 Å². The Morgan fingerprint density at radius 3 is 2.62 bits per heavy atom. The molecule has 9 heteroatoms. The van der Waals surface area contributed by atoms with E-state index in [1.807, 2.05) is 32.0 Å². The van der Waals surface area contributed by atoms with Gasteiger partial charge in [0.1, 0.15) is 5.82 Å². The van der Waals surface area contributed by atoms with Crippen LogP contribution in [0.15, 0.2) is 33.9 Å². The first-order valence-electron chi connectivity index (χ1n) is 9.52. The molecule has 1 aromatic heterocycles. The molecule has 0 aliphatic rings. The van der Waals surface area contributed by atoms with Crippen LogP contribution in [-0.2, 0) is 11.3 Å². The summed E-state index contributed by atoms with van der Waals surface area (Å²) in [5, 5.41) is 0. The number of nitrogens with two attached hydrogens (primary N) is 1. The summed E-state index contributed by atoms with van der Waals surface area (Å²) in [5.41, 5.74) is 6.11. The van der Waals surface area contributed by atoms with Crippen molar-refractivity contribution in [3.05, 3.63) is 50.7 Å². The second kappa shape index (κ2) is 9.92. The lowest BCUT2D eigenvalue weighted by Crippen LogP contribution is -2.42. The molecule has 0 saturated carbocycles. The van der Waals surface area contributed by atoms with Crippen LogP contribution in [-0.4, -0.2) is 49.8 Å². The number of aromatic amines is 1. The summed E-state index contributed by atoms with van der Waals surface area (Å²) in [6.07, 6.45) is 1.57. The minimum absolute atomic E-state index is 0.0274. The molecule has 2 aromatic rings. The molecule has 0 aliphatic carbocycles. The molecule has 1 heterocycles. The molecule has 158 valence electrons. The van der Waals surface area contributed by atoms with Crippen LogP contribution >= 0.6 is 0 Å². The zero-order valence-electron chi connectivity index (χ0n) is 17.4. The van der Waals surface area contributed by atoms with Gasteiger partial charge >= 0.3 is 5.69 Å². The number of H-pyrrole nitrogens is 1. The number of amides is 1. The molecular weight excluding hydrogens is 374 g/mol. The Balaban J connectivity index is 2.58. The number of carbonyl (C=O) groups excluding carboxylic acids is 1. The minimum atomic E-state index is -0.700. The third-order valence-corrected chi connectivity index (χ3v) is 4.59. The summed E-state index contributed by atoms with van der Waals surface area (Å²) < 4.78 is 6.41. The topological polar surface area (TPSA) is 114 Å². The molecule has 0 spiro atoms. The Labute approximate surface area is 169 Å². The van der Waals surface area contributed by atoms with E-state index >= 15 is 0 Å². The lowest BCUT2D eigenvalue weighted by molar-refractivity contribution is 0.0975. The number of ether oxygens (including phenoxy) is 1. The van der Waals surface area contributed by atoms with Gasteiger partial charge < -0.3 is 15.4 Å². The highest BCUT2D eigenvalue weighted by Gasteiger charge is 2.25. The first kappa shape index (κ1) is 22.2. The number of aromatic nitrogens is 2. The van der Waals surface area contributed by atoms with E-state index in [1.54, 1.807) is 18.2 Å². The first-order valence-corrected chi connectivity index (χ1v) is 9.52. The molecule has 0 atom stereocenters.